The van der Waals surface area contributed by atoms with E-state index in [1.165, 1.54) is 0 Å². The number of anilines is 1. The van der Waals surface area contributed by atoms with Crippen molar-refractivity contribution in [1.82, 2.24) is 10.1 Å². The third-order valence-electron chi connectivity index (χ3n) is 2.46. The molecule has 0 saturated carbocycles. The van der Waals surface area contributed by atoms with Crippen LogP contribution in [0.5, 0.6) is 0 Å². The van der Waals surface area contributed by atoms with Crippen molar-refractivity contribution in [3.8, 4) is 11.3 Å². The van der Waals surface area contributed by atoms with Crippen LogP contribution in [0.25, 0.3) is 22.2 Å². The molecule has 3 aromatic rings. The zero-order valence-corrected chi connectivity index (χ0v) is 8.95. The number of aromatic amines is 1. The minimum atomic E-state index is 0.305. The SMILES string of the molecule is Nc1cc(-c2ccc3c(Cl)c[nH]c3c2)no1. The summed E-state index contributed by atoms with van der Waals surface area (Å²) in [7, 11) is 0. The number of hydrogen-bond acceptors (Lipinski definition) is 3. The van der Waals surface area contributed by atoms with Gasteiger partial charge in [-0.2, -0.15) is 0 Å². The highest BCUT2D eigenvalue weighted by Crippen LogP contribution is 2.28. The van der Waals surface area contributed by atoms with Crippen molar-refractivity contribution >= 4 is 28.4 Å². The minimum absolute atomic E-state index is 0.305. The van der Waals surface area contributed by atoms with E-state index in [9.17, 15) is 0 Å². The number of H-pyrrole nitrogens is 1. The summed E-state index contributed by atoms with van der Waals surface area (Å²) in [5.41, 5.74) is 8.09. The first kappa shape index (κ1) is 9.30. The number of fused-ring (bicyclic) bond motifs is 1. The largest absolute Gasteiger partial charge is 0.368 e. The first-order chi connectivity index (χ1) is 7.74. The summed E-state index contributed by atoms with van der Waals surface area (Å²) in [6.07, 6.45) is 1.76. The standard InChI is InChI=1S/C11H8ClN3O/c12-8-5-14-10-3-6(1-2-7(8)10)9-4-11(13)16-15-9/h1-5,14H,13H2. The van der Waals surface area contributed by atoms with Crippen LogP contribution in [0.3, 0.4) is 0 Å². The molecule has 0 amide bonds. The molecule has 4 nitrogen and oxygen atoms in total. The average Bonchev–Trinajstić information content (AvgIpc) is 2.86. The fraction of sp³-hybridized carbons (Fsp3) is 0. The maximum atomic E-state index is 5.99. The van der Waals surface area contributed by atoms with Gasteiger partial charge in [-0.3, -0.25) is 0 Å². The zero-order valence-electron chi connectivity index (χ0n) is 8.20. The Bertz CT molecular complexity index is 656. The van der Waals surface area contributed by atoms with Gasteiger partial charge in [0.1, 0.15) is 5.69 Å². The maximum absolute atomic E-state index is 5.99. The molecule has 0 aliphatic heterocycles. The minimum Gasteiger partial charge on any atom is -0.368 e. The van der Waals surface area contributed by atoms with E-state index in [0.717, 1.165) is 16.5 Å². The van der Waals surface area contributed by atoms with Crippen molar-refractivity contribution in [3.63, 3.8) is 0 Å². The second kappa shape index (κ2) is 3.28. The quantitative estimate of drug-likeness (QED) is 0.679. The molecule has 2 aromatic heterocycles. The zero-order chi connectivity index (χ0) is 11.1. The molecule has 0 bridgehead atoms. The van der Waals surface area contributed by atoms with E-state index in [2.05, 4.69) is 10.1 Å². The Morgan fingerprint density at radius 1 is 1.31 bits per heavy atom. The lowest BCUT2D eigenvalue weighted by Crippen LogP contribution is -1.78. The molecule has 2 heterocycles. The number of hydrogen-bond donors (Lipinski definition) is 2. The van der Waals surface area contributed by atoms with Crippen molar-refractivity contribution in [2.24, 2.45) is 0 Å². The molecule has 80 valence electrons. The molecule has 0 unspecified atom stereocenters. The van der Waals surface area contributed by atoms with Crippen molar-refractivity contribution < 1.29 is 4.52 Å². The Morgan fingerprint density at radius 2 is 2.19 bits per heavy atom. The Hall–Kier alpha value is -1.94. The molecule has 5 heteroatoms. The molecule has 0 saturated heterocycles. The highest BCUT2D eigenvalue weighted by atomic mass is 35.5. The number of benzene rings is 1. The molecule has 3 rings (SSSR count). The molecule has 0 spiro atoms. The lowest BCUT2D eigenvalue weighted by atomic mass is 10.1. The van der Waals surface area contributed by atoms with E-state index in [1.807, 2.05) is 18.2 Å². The van der Waals surface area contributed by atoms with E-state index < -0.39 is 0 Å². The lowest BCUT2D eigenvalue weighted by molar-refractivity contribution is 0.439. The van der Waals surface area contributed by atoms with E-state index >= 15 is 0 Å². The van der Waals surface area contributed by atoms with Gasteiger partial charge in [0.15, 0.2) is 0 Å². The lowest BCUT2D eigenvalue weighted by Gasteiger charge is -1.96. The third-order valence-corrected chi connectivity index (χ3v) is 2.77. The van der Waals surface area contributed by atoms with Crippen molar-refractivity contribution in [3.05, 3.63) is 35.5 Å². The molecule has 0 radical (unpaired) electrons. The van der Waals surface area contributed by atoms with Gasteiger partial charge < -0.3 is 15.2 Å². The predicted octanol–water partition coefficient (Wildman–Crippen LogP) is 3.06. The van der Waals surface area contributed by atoms with Crippen LogP contribution in [0.4, 0.5) is 5.88 Å². The van der Waals surface area contributed by atoms with Gasteiger partial charge in [0.2, 0.25) is 5.88 Å². The molecule has 0 aliphatic rings. The molecule has 0 aliphatic carbocycles. The summed E-state index contributed by atoms with van der Waals surface area (Å²) in [4.78, 5) is 3.08. The van der Waals surface area contributed by atoms with Gasteiger partial charge in [-0.05, 0) is 6.07 Å². The van der Waals surface area contributed by atoms with Crippen molar-refractivity contribution in [2.75, 3.05) is 5.73 Å². The van der Waals surface area contributed by atoms with E-state index in [1.54, 1.807) is 12.3 Å². The number of nitrogens with two attached hydrogens (primary N) is 1. The van der Waals surface area contributed by atoms with Crippen molar-refractivity contribution in [1.29, 1.82) is 0 Å². The van der Waals surface area contributed by atoms with Gasteiger partial charge in [-0.15, -0.1) is 0 Å². The first-order valence-corrected chi connectivity index (χ1v) is 5.11. The van der Waals surface area contributed by atoms with Gasteiger partial charge in [0, 0.05) is 28.7 Å². The first-order valence-electron chi connectivity index (χ1n) is 4.73. The Balaban J connectivity index is 2.18. The number of aromatic nitrogens is 2. The Morgan fingerprint density at radius 3 is 2.94 bits per heavy atom. The maximum Gasteiger partial charge on any atom is 0.222 e. The summed E-state index contributed by atoms with van der Waals surface area (Å²) in [5.74, 6) is 0.305. The van der Waals surface area contributed by atoms with Gasteiger partial charge in [0.05, 0.1) is 5.02 Å². The summed E-state index contributed by atoms with van der Waals surface area (Å²) in [5, 5.41) is 5.55. The van der Waals surface area contributed by atoms with E-state index in [0.29, 0.717) is 16.6 Å². The van der Waals surface area contributed by atoms with Gasteiger partial charge in [-0.1, -0.05) is 28.9 Å². The van der Waals surface area contributed by atoms with Crippen molar-refractivity contribution in [2.45, 2.75) is 0 Å². The van der Waals surface area contributed by atoms with Gasteiger partial charge in [0.25, 0.3) is 0 Å². The summed E-state index contributed by atoms with van der Waals surface area (Å²) < 4.78 is 4.83. The second-order valence-electron chi connectivity index (χ2n) is 3.51. The van der Waals surface area contributed by atoms with E-state index in [-0.39, 0.29) is 0 Å². The fourth-order valence-corrected chi connectivity index (χ4v) is 1.89. The Kier molecular flexibility index (Phi) is 1.91. The number of nitrogen functional groups attached to an aromatic ring is 1. The van der Waals surface area contributed by atoms with Gasteiger partial charge >= 0.3 is 0 Å². The van der Waals surface area contributed by atoms with Crippen LogP contribution in [0, 0.1) is 0 Å². The third kappa shape index (κ3) is 1.35. The number of nitrogens with one attached hydrogen (secondary N) is 1. The number of halogens is 1. The summed E-state index contributed by atoms with van der Waals surface area (Å²) >= 11 is 5.99. The second-order valence-corrected chi connectivity index (χ2v) is 3.92. The van der Waals surface area contributed by atoms with E-state index in [4.69, 9.17) is 21.9 Å². The highest BCUT2D eigenvalue weighted by Gasteiger charge is 2.07. The van der Waals surface area contributed by atoms with Crippen LogP contribution in [0.15, 0.2) is 35.0 Å². The predicted molar refractivity (Wildman–Crippen MR) is 63.2 cm³/mol. The molecule has 0 fully saturated rings. The Labute approximate surface area is 96.0 Å². The van der Waals surface area contributed by atoms with Crippen LogP contribution in [-0.2, 0) is 0 Å². The fourth-order valence-electron chi connectivity index (χ4n) is 1.68. The van der Waals surface area contributed by atoms with Crippen LogP contribution in [-0.4, -0.2) is 10.1 Å². The molecule has 3 N–H and O–H groups in total. The normalized spacial score (nSPS) is 11.1. The summed E-state index contributed by atoms with van der Waals surface area (Å²) in [6, 6.07) is 7.51. The van der Waals surface area contributed by atoms with Crippen LogP contribution in [0.2, 0.25) is 5.02 Å². The van der Waals surface area contributed by atoms with Crippen LogP contribution >= 0.6 is 11.6 Å². The monoisotopic (exact) mass is 233 g/mol. The topological polar surface area (TPSA) is 67.8 Å². The smallest absolute Gasteiger partial charge is 0.222 e. The van der Waals surface area contributed by atoms with Crippen LogP contribution < -0.4 is 5.73 Å². The van der Waals surface area contributed by atoms with Gasteiger partial charge in [-0.25, -0.2) is 0 Å². The highest BCUT2D eigenvalue weighted by molar-refractivity contribution is 6.35. The molecule has 16 heavy (non-hydrogen) atoms. The molecular weight excluding hydrogens is 226 g/mol. The van der Waals surface area contributed by atoms with Crippen LogP contribution in [0.1, 0.15) is 0 Å². The number of rotatable bonds is 1. The molecular formula is C11H8ClN3O. The average molecular weight is 234 g/mol. The number of nitrogens with zero attached hydrogens (tertiary/aromatic N) is 1. The molecule has 0 atom stereocenters. The summed E-state index contributed by atoms with van der Waals surface area (Å²) in [6.45, 7) is 0. The molecule has 1 aromatic carbocycles.